The number of aliphatic hydroxyl groups is 1. The van der Waals surface area contributed by atoms with Gasteiger partial charge in [-0.1, -0.05) is 44.2 Å². The third-order valence-electron chi connectivity index (χ3n) is 5.30. The summed E-state index contributed by atoms with van der Waals surface area (Å²) in [5.41, 5.74) is 3.09. The zero-order valence-corrected chi connectivity index (χ0v) is 18.2. The molecule has 7 nitrogen and oxygen atoms in total. The second kappa shape index (κ2) is 10.4. The number of para-hydroxylation sites is 2. The normalized spacial score (nSPS) is 19.1. The van der Waals surface area contributed by atoms with Gasteiger partial charge in [0.15, 0.2) is 6.29 Å². The van der Waals surface area contributed by atoms with Gasteiger partial charge in [0, 0.05) is 5.69 Å². The Morgan fingerprint density at radius 2 is 1.77 bits per heavy atom. The van der Waals surface area contributed by atoms with Crippen molar-refractivity contribution >= 4 is 23.2 Å². The highest BCUT2D eigenvalue weighted by molar-refractivity contribution is 6.02. The van der Waals surface area contributed by atoms with Gasteiger partial charge in [0.1, 0.15) is 6.04 Å². The Labute approximate surface area is 183 Å². The molecule has 0 spiro atoms. The largest absolute Gasteiger partial charge is 0.366 e. The molecule has 3 rings (SSSR count). The number of anilines is 2. The first-order valence-corrected chi connectivity index (χ1v) is 10.7. The Kier molecular flexibility index (Phi) is 7.65. The van der Waals surface area contributed by atoms with Crippen molar-refractivity contribution in [2.45, 2.75) is 52.0 Å². The maximum absolute atomic E-state index is 13.1. The zero-order valence-electron chi connectivity index (χ0n) is 18.2. The number of aliphatic hydroxyl groups excluding tert-OH is 1. The minimum absolute atomic E-state index is 0.195. The number of carbonyl (C=O) groups is 2. The summed E-state index contributed by atoms with van der Waals surface area (Å²) in [6, 6.07) is 13.9. The molecule has 4 N–H and O–H groups in total. The van der Waals surface area contributed by atoms with Gasteiger partial charge < -0.3 is 25.8 Å². The predicted molar refractivity (Wildman–Crippen MR) is 120 cm³/mol. The van der Waals surface area contributed by atoms with Crippen LogP contribution in [-0.4, -0.2) is 41.9 Å². The van der Waals surface area contributed by atoms with Crippen molar-refractivity contribution in [1.29, 1.82) is 0 Å². The molecule has 1 saturated heterocycles. The summed E-state index contributed by atoms with van der Waals surface area (Å²) in [6.07, 6.45) is 0.00552. The molecule has 2 amide bonds. The molecule has 0 radical (unpaired) electrons. The van der Waals surface area contributed by atoms with E-state index in [9.17, 15) is 14.7 Å². The van der Waals surface area contributed by atoms with E-state index in [0.717, 1.165) is 11.3 Å². The maximum atomic E-state index is 13.1. The Morgan fingerprint density at radius 1 is 1.10 bits per heavy atom. The van der Waals surface area contributed by atoms with Gasteiger partial charge >= 0.3 is 0 Å². The molecule has 2 aromatic carbocycles. The predicted octanol–water partition coefficient (Wildman–Crippen LogP) is 3.11. The fourth-order valence-corrected chi connectivity index (χ4v) is 3.59. The third-order valence-corrected chi connectivity index (χ3v) is 5.30. The molecular formula is C24H31N3O4. The zero-order chi connectivity index (χ0) is 22.4. The molecule has 1 aliphatic heterocycles. The molecule has 2 aromatic rings. The van der Waals surface area contributed by atoms with E-state index in [4.69, 9.17) is 4.74 Å². The molecule has 0 aliphatic carbocycles. The van der Waals surface area contributed by atoms with E-state index in [1.54, 1.807) is 12.1 Å². The minimum Gasteiger partial charge on any atom is -0.366 e. The molecule has 1 unspecified atom stereocenters. The average molecular weight is 426 g/mol. The van der Waals surface area contributed by atoms with Crippen LogP contribution in [0.5, 0.6) is 0 Å². The lowest BCUT2D eigenvalue weighted by atomic mass is 10.0. The van der Waals surface area contributed by atoms with Gasteiger partial charge in [-0.25, -0.2) is 0 Å². The lowest BCUT2D eigenvalue weighted by molar-refractivity contribution is -0.127. The van der Waals surface area contributed by atoms with E-state index in [-0.39, 0.29) is 17.7 Å². The van der Waals surface area contributed by atoms with Gasteiger partial charge in [-0.3, -0.25) is 9.59 Å². The van der Waals surface area contributed by atoms with Crippen molar-refractivity contribution in [1.82, 2.24) is 10.6 Å². The van der Waals surface area contributed by atoms with E-state index in [1.807, 2.05) is 57.2 Å². The molecule has 1 fully saturated rings. The molecule has 31 heavy (non-hydrogen) atoms. The highest BCUT2D eigenvalue weighted by Crippen LogP contribution is 2.23. The molecule has 166 valence electrons. The van der Waals surface area contributed by atoms with Gasteiger partial charge in [0.2, 0.25) is 5.91 Å². The first-order valence-electron chi connectivity index (χ1n) is 10.7. The van der Waals surface area contributed by atoms with Crippen LogP contribution < -0.4 is 16.0 Å². The number of hydrogen-bond donors (Lipinski definition) is 4. The topological polar surface area (TPSA) is 99.7 Å². The Hall–Kier alpha value is -2.90. The van der Waals surface area contributed by atoms with Crippen molar-refractivity contribution in [3.63, 3.8) is 0 Å². The number of hydrogen-bond acceptors (Lipinski definition) is 5. The molecule has 0 bridgehead atoms. The quantitative estimate of drug-likeness (QED) is 0.521. The smallest absolute Gasteiger partial charge is 0.254 e. The van der Waals surface area contributed by atoms with E-state index in [2.05, 4.69) is 16.0 Å². The lowest BCUT2D eigenvalue weighted by Gasteiger charge is -2.24. The Balaban J connectivity index is 1.75. The second-order valence-electron chi connectivity index (χ2n) is 8.31. The number of rotatable bonds is 8. The van der Waals surface area contributed by atoms with Crippen molar-refractivity contribution < 1.29 is 19.4 Å². The highest BCUT2D eigenvalue weighted by atomic mass is 16.6. The number of benzene rings is 2. The summed E-state index contributed by atoms with van der Waals surface area (Å²) < 4.78 is 5.10. The van der Waals surface area contributed by atoms with Crippen molar-refractivity contribution in [3.8, 4) is 0 Å². The summed E-state index contributed by atoms with van der Waals surface area (Å²) in [7, 11) is 0. The van der Waals surface area contributed by atoms with Crippen molar-refractivity contribution in [3.05, 3.63) is 59.7 Å². The maximum Gasteiger partial charge on any atom is 0.254 e. The standard InChI is InChI=1S/C24H31N3O4/c1-15(2)14-21(23(29)26-20-12-13-31-24(20)30)27-22(28)17-9-5-7-11-19(17)25-18-10-6-4-8-16(18)3/h4-11,15,20-21,24-25,30H,12-14H2,1-3H3,(H,26,29)(H,27,28)/t20-,21?,24-/m0/s1. The Bertz CT molecular complexity index is 915. The fourth-order valence-electron chi connectivity index (χ4n) is 3.59. The summed E-state index contributed by atoms with van der Waals surface area (Å²) >= 11 is 0. The summed E-state index contributed by atoms with van der Waals surface area (Å²) in [5, 5.41) is 18.8. The van der Waals surface area contributed by atoms with Crippen molar-refractivity contribution in [2.75, 3.05) is 11.9 Å². The van der Waals surface area contributed by atoms with E-state index < -0.39 is 18.4 Å². The molecule has 3 atom stereocenters. The molecular weight excluding hydrogens is 394 g/mol. The number of aryl methyl sites for hydroxylation is 1. The average Bonchev–Trinajstić information content (AvgIpc) is 3.13. The van der Waals surface area contributed by atoms with Crippen LogP contribution in [0.25, 0.3) is 0 Å². The van der Waals surface area contributed by atoms with E-state index >= 15 is 0 Å². The van der Waals surface area contributed by atoms with Gasteiger partial charge in [-0.2, -0.15) is 0 Å². The van der Waals surface area contributed by atoms with Crippen LogP contribution in [0.1, 0.15) is 42.6 Å². The number of nitrogens with one attached hydrogen (secondary N) is 3. The van der Waals surface area contributed by atoms with Crippen LogP contribution in [0, 0.1) is 12.8 Å². The Morgan fingerprint density at radius 3 is 2.42 bits per heavy atom. The summed E-state index contributed by atoms with van der Waals surface area (Å²) in [6.45, 7) is 6.38. The van der Waals surface area contributed by atoms with Gasteiger partial charge in [0.25, 0.3) is 5.91 Å². The first-order chi connectivity index (χ1) is 14.8. The van der Waals surface area contributed by atoms with Crippen molar-refractivity contribution in [2.24, 2.45) is 5.92 Å². The van der Waals surface area contributed by atoms with Gasteiger partial charge in [-0.15, -0.1) is 0 Å². The molecule has 1 aliphatic rings. The molecule has 7 heteroatoms. The molecule has 0 aromatic heterocycles. The fraction of sp³-hybridized carbons (Fsp3) is 0.417. The van der Waals surface area contributed by atoms with E-state index in [0.29, 0.717) is 30.7 Å². The SMILES string of the molecule is Cc1ccccc1Nc1ccccc1C(=O)NC(CC(C)C)C(=O)N[C@H]1CCO[C@@H]1O. The monoisotopic (exact) mass is 425 g/mol. The second-order valence-corrected chi connectivity index (χ2v) is 8.31. The third kappa shape index (κ3) is 6.06. The van der Waals surface area contributed by atoms with Gasteiger partial charge in [0.05, 0.1) is 23.9 Å². The number of ether oxygens (including phenoxy) is 1. The highest BCUT2D eigenvalue weighted by Gasteiger charge is 2.31. The first kappa shape index (κ1) is 22.8. The minimum atomic E-state index is -1.02. The van der Waals surface area contributed by atoms with Crippen LogP contribution in [0.15, 0.2) is 48.5 Å². The van der Waals surface area contributed by atoms with Crippen LogP contribution in [0.3, 0.4) is 0 Å². The van der Waals surface area contributed by atoms with E-state index in [1.165, 1.54) is 0 Å². The number of amides is 2. The van der Waals surface area contributed by atoms with Crippen LogP contribution >= 0.6 is 0 Å². The summed E-state index contributed by atoms with van der Waals surface area (Å²) in [4.78, 5) is 26.0. The van der Waals surface area contributed by atoms with Crippen LogP contribution in [0.2, 0.25) is 0 Å². The molecule has 1 heterocycles. The molecule has 0 saturated carbocycles. The summed E-state index contributed by atoms with van der Waals surface area (Å²) in [5.74, 6) is -0.456. The lowest BCUT2D eigenvalue weighted by Crippen LogP contribution is -2.51. The van der Waals surface area contributed by atoms with Crippen LogP contribution in [-0.2, 0) is 9.53 Å². The van der Waals surface area contributed by atoms with Gasteiger partial charge in [-0.05, 0) is 49.4 Å². The van der Waals surface area contributed by atoms with Crippen LogP contribution in [0.4, 0.5) is 11.4 Å². The number of carbonyl (C=O) groups excluding carboxylic acids is 2.